The number of aliphatic hydroxyl groups is 1. The van der Waals surface area contributed by atoms with Gasteiger partial charge in [-0.25, -0.2) is 0 Å². The molecule has 2 aromatic heterocycles. The highest BCUT2D eigenvalue weighted by atomic mass is 32.1. The maximum Gasteiger partial charge on any atom is 0.222 e. The topological polar surface area (TPSA) is 58.4 Å². The highest BCUT2D eigenvalue weighted by Crippen LogP contribution is 2.41. The zero-order valence-electron chi connectivity index (χ0n) is 14.3. The predicted molar refractivity (Wildman–Crippen MR) is 97.3 cm³/mol. The van der Waals surface area contributed by atoms with Crippen LogP contribution in [0.15, 0.2) is 36.0 Å². The van der Waals surface area contributed by atoms with E-state index in [-0.39, 0.29) is 18.1 Å². The first-order chi connectivity index (χ1) is 12.2. The number of nitrogens with zero attached hydrogens (tertiary/aromatic N) is 3. The average Bonchev–Trinajstić information content (AvgIpc) is 3.35. The summed E-state index contributed by atoms with van der Waals surface area (Å²) in [5.74, 6) is 1.19. The second-order valence-corrected chi connectivity index (χ2v) is 8.38. The highest BCUT2D eigenvalue weighted by Gasteiger charge is 2.43. The summed E-state index contributed by atoms with van der Waals surface area (Å²) in [5.41, 5.74) is 0. The van der Waals surface area contributed by atoms with Crippen LogP contribution in [0.1, 0.15) is 36.6 Å². The zero-order chi connectivity index (χ0) is 17.2. The van der Waals surface area contributed by atoms with E-state index in [1.165, 1.54) is 4.88 Å². The largest absolute Gasteiger partial charge is 0.391 e. The summed E-state index contributed by atoms with van der Waals surface area (Å²) < 4.78 is 1.88. The first-order valence-electron chi connectivity index (χ1n) is 9.18. The Kier molecular flexibility index (Phi) is 4.90. The Morgan fingerprint density at radius 3 is 2.84 bits per heavy atom. The molecule has 1 aliphatic heterocycles. The minimum absolute atomic E-state index is 0.0464. The van der Waals surface area contributed by atoms with Crippen molar-refractivity contribution in [1.82, 2.24) is 14.7 Å². The lowest BCUT2D eigenvalue weighted by molar-refractivity contribution is -0.130. The van der Waals surface area contributed by atoms with Gasteiger partial charge in [0.05, 0.1) is 12.1 Å². The maximum absolute atomic E-state index is 12.6. The third-order valence-corrected chi connectivity index (χ3v) is 6.66. The number of hydrogen-bond donors (Lipinski definition) is 1. The average molecular weight is 359 g/mol. The van der Waals surface area contributed by atoms with E-state index in [0.717, 1.165) is 38.8 Å². The zero-order valence-corrected chi connectivity index (χ0v) is 15.1. The number of carbonyl (C=O) groups excluding carboxylic acids is 1. The summed E-state index contributed by atoms with van der Waals surface area (Å²) in [6.07, 6.45) is 7.54. The van der Waals surface area contributed by atoms with Gasteiger partial charge in [0.2, 0.25) is 5.91 Å². The lowest BCUT2D eigenvalue weighted by Gasteiger charge is -2.35. The molecule has 5 nitrogen and oxygen atoms in total. The van der Waals surface area contributed by atoms with Crippen molar-refractivity contribution in [2.24, 2.45) is 11.8 Å². The van der Waals surface area contributed by atoms with Gasteiger partial charge in [-0.1, -0.05) is 6.07 Å². The molecule has 4 atom stereocenters. The second-order valence-electron chi connectivity index (χ2n) is 7.34. The van der Waals surface area contributed by atoms with E-state index in [4.69, 9.17) is 0 Å². The number of carbonyl (C=O) groups is 1. The van der Waals surface area contributed by atoms with Crippen LogP contribution in [0, 0.1) is 11.8 Å². The molecule has 2 fully saturated rings. The van der Waals surface area contributed by atoms with Crippen molar-refractivity contribution < 1.29 is 9.90 Å². The minimum atomic E-state index is -0.366. The van der Waals surface area contributed by atoms with Crippen LogP contribution in [0.3, 0.4) is 0 Å². The second kappa shape index (κ2) is 7.30. The highest BCUT2D eigenvalue weighted by molar-refractivity contribution is 7.09. The summed E-state index contributed by atoms with van der Waals surface area (Å²) in [5, 5.41) is 16.9. The van der Waals surface area contributed by atoms with Crippen LogP contribution in [-0.4, -0.2) is 44.9 Å². The van der Waals surface area contributed by atoms with Gasteiger partial charge in [-0.15, -0.1) is 11.3 Å². The minimum Gasteiger partial charge on any atom is -0.391 e. The quantitative estimate of drug-likeness (QED) is 0.893. The molecule has 134 valence electrons. The monoisotopic (exact) mass is 359 g/mol. The van der Waals surface area contributed by atoms with Crippen molar-refractivity contribution in [2.45, 2.75) is 44.2 Å². The molecule has 0 aromatic carbocycles. The smallest absolute Gasteiger partial charge is 0.222 e. The van der Waals surface area contributed by atoms with Gasteiger partial charge in [0.15, 0.2) is 0 Å². The molecular formula is C19H25N3O2S. The van der Waals surface area contributed by atoms with E-state index in [0.29, 0.717) is 18.3 Å². The number of amides is 1. The lowest BCUT2D eigenvalue weighted by Crippen LogP contribution is -2.36. The fraction of sp³-hybridized carbons (Fsp3) is 0.579. The van der Waals surface area contributed by atoms with E-state index >= 15 is 0 Å². The van der Waals surface area contributed by atoms with Crippen molar-refractivity contribution in [3.05, 3.63) is 40.8 Å². The number of thiophene rings is 1. The first-order valence-corrected chi connectivity index (χ1v) is 10.1. The summed E-state index contributed by atoms with van der Waals surface area (Å²) in [7, 11) is 0. The molecule has 0 bridgehead atoms. The van der Waals surface area contributed by atoms with E-state index in [1.807, 2.05) is 21.8 Å². The number of hydrogen-bond acceptors (Lipinski definition) is 4. The van der Waals surface area contributed by atoms with Crippen molar-refractivity contribution in [3.8, 4) is 0 Å². The standard InChI is InChI=1S/C19H25N3O2S/c23-18-11-15-13-21(19(24)6-1-4-16-5-2-9-25-16)12-14(15)10-17(18)22-8-3-7-20-22/h2-3,5,7-9,14-15,17-18,23H,1,4,6,10-13H2/t14-,15+,17-,18-/m1/s1. The van der Waals surface area contributed by atoms with Gasteiger partial charge in [0.25, 0.3) is 0 Å². The Morgan fingerprint density at radius 1 is 1.28 bits per heavy atom. The maximum atomic E-state index is 12.6. The van der Waals surface area contributed by atoms with Gasteiger partial charge in [0, 0.05) is 36.8 Å². The van der Waals surface area contributed by atoms with Crippen LogP contribution in [0.4, 0.5) is 0 Å². The molecule has 25 heavy (non-hydrogen) atoms. The Morgan fingerprint density at radius 2 is 2.12 bits per heavy atom. The molecule has 4 rings (SSSR count). The number of aliphatic hydroxyl groups excluding tert-OH is 1. The van der Waals surface area contributed by atoms with Gasteiger partial charge in [-0.05, 0) is 55.0 Å². The molecule has 2 aromatic rings. The van der Waals surface area contributed by atoms with Crippen LogP contribution >= 0.6 is 11.3 Å². The SMILES string of the molecule is O=C(CCCc1cccs1)N1C[C@H]2C[C@@H](n3cccn3)[C@H](O)C[C@H]2C1. The van der Waals surface area contributed by atoms with Crippen LogP contribution in [0.2, 0.25) is 0 Å². The van der Waals surface area contributed by atoms with Gasteiger partial charge in [0.1, 0.15) is 0 Å². The van der Waals surface area contributed by atoms with Crippen molar-refractivity contribution in [3.63, 3.8) is 0 Å². The molecule has 6 heteroatoms. The third-order valence-electron chi connectivity index (χ3n) is 5.72. The van der Waals surface area contributed by atoms with Crippen molar-refractivity contribution >= 4 is 17.2 Å². The van der Waals surface area contributed by atoms with Crippen molar-refractivity contribution in [2.75, 3.05) is 13.1 Å². The summed E-state index contributed by atoms with van der Waals surface area (Å²) in [4.78, 5) is 15.9. The first kappa shape index (κ1) is 16.8. The number of rotatable bonds is 5. The normalized spacial score (nSPS) is 28.9. The Hall–Kier alpha value is -1.66. The van der Waals surface area contributed by atoms with E-state index in [9.17, 15) is 9.90 Å². The molecule has 1 saturated heterocycles. The molecule has 0 unspecified atom stereocenters. The molecule has 0 spiro atoms. The Balaban J connectivity index is 1.30. The molecule has 0 radical (unpaired) electrons. The van der Waals surface area contributed by atoms with Crippen LogP contribution in [0.25, 0.3) is 0 Å². The van der Waals surface area contributed by atoms with Gasteiger partial charge in [-0.2, -0.15) is 5.10 Å². The van der Waals surface area contributed by atoms with E-state index in [2.05, 4.69) is 22.6 Å². The fourth-order valence-corrected chi connectivity index (χ4v) is 5.15. The van der Waals surface area contributed by atoms with Gasteiger partial charge >= 0.3 is 0 Å². The summed E-state index contributed by atoms with van der Waals surface area (Å²) in [6.45, 7) is 1.65. The van der Waals surface area contributed by atoms with Crippen LogP contribution < -0.4 is 0 Å². The number of fused-ring (bicyclic) bond motifs is 1. The van der Waals surface area contributed by atoms with Crippen LogP contribution in [0.5, 0.6) is 0 Å². The Labute approximate surface area is 152 Å². The number of likely N-dealkylation sites (tertiary alicyclic amines) is 1. The number of aromatic nitrogens is 2. The fourth-order valence-electron chi connectivity index (χ4n) is 4.40. The molecular weight excluding hydrogens is 334 g/mol. The molecule has 3 heterocycles. The van der Waals surface area contributed by atoms with Gasteiger partial charge in [-0.3, -0.25) is 9.48 Å². The molecule has 2 aliphatic rings. The predicted octanol–water partition coefficient (Wildman–Crippen LogP) is 2.74. The lowest BCUT2D eigenvalue weighted by atomic mass is 9.77. The Bertz CT molecular complexity index is 686. The molecule has 1 aliphatic carbocycles. The third kappa shape index (κ3) is 3.65. The summed E-state index contributed by atoms with van der Waals surface area (Å²) in [6, 6.07) is 6.15. The summed E-state index contributed by atoms with van der Waals surface area (Å²) >= 11 is 1.76. The number of aryl methyl sites for hydroxylation is 1. The van der Waals surface area contributed by atoms with E-state index < -0.39 is 0 Å². The molecule has 1 saturated carbocycles. The van der Waals surface area contributed by atoms with Gasteiger partial charge < -0.3 is 10.0 Å². The van der Waals surface area contributed by atoms with Crippen LogP contribution in [-0.2, 0) is 11.2 Å². The molecule has 1 N–H and O–H groups in total. The molecule has 1 amide bonds. The van der Waals surface area contributed by atoms with Crippen molar-refractivity contribution in [1.29, 1.82) is 0 Å². The van der Waals surface area contributed by atoms with E-state index in [1.54, 1.807) is 17.5 Å².